The Morgan fingerprint density at radius 2 is 1.53 bits per heavy atom. The first-order valence-corrected chi connectivity index (χ1v) is 10.3. The van der Waals surface area contributed by atoms with Crippen molar-refractivity contribution in [2.45, 2.75) is 18.0 Å². The molecule has 2 aliphatic rings. The zero-order chi connectivity index (χ0) is 22.3. The number of rotatable bonds is 4. The summed E-state index contributed by atoms with van der Waals surface area (Å²) in [7, 11) is 0. The van der Waals surface area contributed by atoms with E-state index in [-0.39, 0.29) is 12.3 Å². The summed E-state index contributed by atoms with van der Waals surface area (Å²) in [5.41, 5.74) is -0.0101. The van der Waals surface area contributed by atoms with Gasteiger partial charge < -0.3 is 5.32 Å². The first kappa shape index (κ1) is 20.1. The maximum Gasteiger partial charge on any atom is 0.276 e. The smallest absolute Gasteiger partial charge is 0.276 e. The molecule has 3 aromatic rings. The lowest BCUT2D eigenvalue weighted by molar-refractivity contribution is -0.150. The molecule has 0 spiro atoms. The number of carbonyl (C=O) groups is 3. The molecule has 2 fully saturated rings. The number of halogens is 1. The minimum absolute atomic E-state index is 0.195. The Morgan fingerprint density at radius 3 is 2.19 bits per heavy atom. The number of hydrogen-bond donors (Lipinski definition) is 1. The van der Waals surface area contributed by atoms with E-state index >= 15 is 0 Å². The van der Waals surface area contributed by atoms with Gasteiger partial charge in [0.1, 0.15) is 5.82 Å². The van der Waals surface area contributed by atoms with Crippen LogP contribution in [0.2, 0.25) is 0 Å². The molecular weight excluding hydrogens is 409 g/mol. The van der Waals surface area contributed by atoms with Gasteiger partial charge >= 0.3 is 0 Å². The minimum atomic E-state index is -1.57. The molecule has 3 amide bonds. The molecule has 32 heavy (non-hydrogen) atoms. The molecule has 0 saturated carbocycles. The van der Waals surface area contributed by atoms with Crippen molar-refractivity contribution in [1.29, 1.82) is 0 Å². The van der Waals surface area contributed by atoms with E-state index in [2.05, 4.69) is 5.32 Å². The molecule has 2 atom stereocenters. The van der Waals surface area contributed by atoms with Crippen molar-refractivity contribution >= 4 is 17.7 Å². The Labute approximate surface area is 184 Å². The lowest BCUT2D eigenvalue weighted by Gasteiger charge is -2.36. The van der Waals surface area contributed by atoms with E-state index < -0.39 is 29.2 Å². The highest BCUT2D eigenvalue weighted by Gasteiger charge is 2.64. The third-order valence-corrected chi connectivity index (χ3v) is 6.05. The number of carbonyl (C=O) groups excluding carboxylic acids is 3. The van der Waals surface area contributed by atoms with Crippen molar-refractivity contribution < 1.29 is 18.8 Å². The van der Waals surface area contributed by atoms with Crippen LogP contribution in [0.3, 0.4) is 0 Å². The van der Waals surface area contributed by atoms with E-state index in [1.165, 1.54) is 12.1 Å². The largest absolute Gasteiger partial charge is 0.332 e. The maximum absolute atomic E-state index is 13.9. The molecule has 2 saturated heterocycles. The molecule has 2 heterocycles. The molecule has 0 aromatic heterocycles. The minimum Gasteiger partial charge on any atom is -0.332 e. The van der Waals surface area contributed by atoms with Gasteiger partial charge in [-0.3, -0.25) is 14.4 Å². The van der Waals surface area contributed by atoms with E-state index in [4.69, 9.17) is 0 Å². The predicted molar refractivity (Wildman–Crippen MR) is 114 cm³/mol. The lowest BCUT2D eigenvalue weighted by Crippen LogP contribution is -2.55. The Bertz CT molecular complexity index is 1180. The molecule has 6 nitrogen and oxygen atoms in total. The molecule has 2 unspecified atom stereocenters. The van der Waals surface area contributed by atoms with E-state index in [0.29, 0.717) is 23.2 Å². The van der Waals surface area contributed by atoms with Gasteiger partial charge in [0.2, 0.25) is 5.91 Å². The van der Waals surface area contributed by atoms with Crippen LogP contribution in [-0.4, -0.2) is 34.3 Å². The first-order chi connectivity index (χ1) is 15.5. The molecule has 7 heteroatoms. The van der Waals surface area contributed by atoms with Crippen LogP contribution in [0, 0.1) is 5.82 Å². The highest BCUT2D eigenvalue weighted by molar-refractivity contribution is 6.07. The molecule has 0 bridgehead atoms. The Morgan fingerprint density at radius 1 is 0.906 bits per heavy atom. The number of benzene rings is 3. The van der Waals surface area contributed by atoms with Crippen molar-refractivity contribution in [3.05, 3.63) is 107 Å². The summed E-state index contributed by atoms with van der Waals surface area (Å²) in [5, 5.41) is 5.78. The fourth-order valence-electron chi connectivity index (χ4n) is 4.63. The first-order valence-electron chi connectivity index (χ1n) is 10.3. The van der Waals surface area contributed by atoms with Gasteiger partial charge in [-0.05, 0) is 35.4 Å². The SMILES string of the molecule is O=C(NC1(c2ccccc2)C(=O)N2C(=O)CCN2C1c1ccc(F)cc1)c1ccccc1. The topological polar surface area (TPSA) is 69.7 Å². The van der Waals surface area contributed by atoms with Gasteiger partial charge in [-0.2, -0.15) is 5.01 Å². The lowest BCUT2D eigenvalue weighted by atomic mass is 9.79. The fraction of sp³-hybridized carbons (Fsp3) is 0.160. The zero-order valence-corrected chi connectivity index (χ0v) is 17.1. The van der Waals surface area contributed by atoms with Crippen molar-refractivity contribution in [1.82, 2.24) is 15.3 Å². The van der Waals surface area contributed by atoms with Crippen LogP contribution in [0.15, 0.2) is 84.9 Å². The van der Waals surface area contributed by atoms with Crippen LogP contribution in [0.25, 0.3) is 0 Å². The van der Waals surface area contributed by atoms with E-state index in [0.717, 1.165) is 5.01 Å². The summed E-state index contributed by atoms with van der Waals surface area (Å²) in [6.45, 7) is 0.322. The average Bonchev–Trinajstić information content (AvgIpc) is 3.31. The highest BCUT2D eigenvalue weighted by atomic mass is 19.1. The monoisotopic (exact) mass is 429 g/mol. The predicted octanol–water partition coefficient (Wildman–Crippen LogP) is 3.18. The summed E-state index contributed by atoms with van der Waals surface area (Å²) in [6.07, 6.45) is 0.195. The van der Waals surface area contributed by atoms with Crippen molar-refractivity contribution in [3.63, 3.8) is 0 Å². The van der Waals surface area contributed by atoms with Gasteiger partial charge in [0.15, 0.2) is 5.54 Å². The Balaban J connectivity index is 1.72. The van der Waals surface area contributed by atoms with Crippen molar-refractivity contribution in [3.8, 4) is 0 Å². The summed E-state index contributed by atoms with van der Waals surface area (Å²) in [6, 6.07) is 22.6. The molecule has 2 aliphatic heterocycles. The maximum atomic E-state index is 13.9. The van der Waals surface area contributed by atoms with Crippen molar-refractivity contribution in [2.75, 3.05) is 6.54 Å². The van der Waals surface area contributed by atoms with Gasteiger partial charge in [0, 0.05) is 18.5 Å². The molecule has 0 aliphatic carbocycles. The number of nitrogens with one attached hydrogen (secondary N) is 1. The Kier molecular flexibility index (Phi) is 4.83. The normalized spacial score (nSPS) is 22.8. The van der Waals surface area contributed by atoms with Gasteiger partial charge in [-0.25, -0.2) is 9.40 Å². The number of amides is 3. The summed E-state index contributed by atoms with van der Waals surface area (Å²) >= 11 is 0. The summed E-state index contributed by atoms with van der Waals surface area (Å²) in [5.74, 6) is -1.70. The van der Waals surface area contributed by atoms with Crippen LogP contribution >= 0.6 is 0 Å². The van der Waals surface area contributed by atoms with E-state index in [1.807, 2.05) is 6.07 Å². The third kappa shape index (κ3) is 3.01. The van der Waals surface area contributed by atoms with E-state index in [9.17, 15) is 18.8 Å². The molecule has 0 radical (unpaired) electrons. The van der Waals surface area contributed by atoms with Crippen LogP contribution in [0.4, 0.5) is 4.39 Å². The number of hydrogen-bond acceptors (Lipinski definition) is 4. The number of nitrogens with zero attached hydrogens (tertiary/aromatic N) is 2. The second kappa shape index (κ2) is 7.69. The molecule has 3 aromatic carbocycles. The van der Waals surface area contributed by atoms with Gasteiger partial charge in [-0.1, -0.05) is 60.7 Å². The second-order valence-electron chi connectivity index (χ2n) is 7.87. The standard InChI is InChI=1S/C25H20FN3O3/c26-20-13-11-17(12-14-20)22-25(19-9-5-2-6-10-19,24(32)29-21(30)15-16-28(22)29)27-23(31)18-7-3-1-4-8-18/h1-14,22H,15-16H2,(H,27,31). The van der Waals surface area contributed by atoms with Crippen molar-refractivity contribution in [2.24, 2.45) is 0 Å². The van der Waals surface area contributed by atoms with Gasteiger partial charge in [0.25, 0.3) is 11.8 Å². The summed E-state index contributed by atoms with van der Waals surface area (Å²) in [4.78, 5) is 39.9. The zero-order valence-electron chi connectivity index (χ0n) is 17.1. The molecular formula is C25H20FN3O3. The van der Waals surface area contributed by atoms with Gasteiger partial charge in [-0.15, -0.1) is 0 Å². The second-order valence-corrected chi connectivity index (χ2v) is 7.87. The number of hydrazine groups is 1. The Hall–Kier alpha value is -3.84. The molecule has 5 rings (SSSR count). The van der Waals surface area contributed by atoms with Crippen LogP contribution in [0.1, 0.15) is 33.9 Å². The number of fused-ring (bicyclic) bond motifs is 1. The molecule has 160 valence electrons. The van der Waals surface area contributed by atoms with Crippen LogP contribution in [-0.2, 0) is 15.1 Å². The average molecular weight is 429 g/mol. The molecule has 1 N–H and O–H groups in total. The third-order valence-electron chi connectivity index (χ3n) is 6.05. The fourth-order valence-corrected chi connectivity index (χ4v) is 4.63. The van der Waals surface area contributed by atoms with E-state index in [1.54, 1.807) is 71.7 Å². The van der Waals surface area contributed by atoms with Gasteiger partial charge in [0.05, 0.1) is 6.04 Å². The summed E-state index contributed by atoms with van der Waals surface area (Å²) < 4.78 is 13.7. The quantitative estimate of drug-likeness (QED) is 0.647. The van der Waals surface area contributed by atoms with Crippen LogP contribution in [0.5, 0.6) is 0 Å². The van der Waals surface area contributed by atoms with Crippen LogP contribution < -0.4 is 5.32 Å². The highest BCUT2D eigenvalue weighted by Crippen LogP contribution is 2.49. The number of imide groups is 1.